The maximum atomic E-state index is 12.0. The molecule has 0 saturated heterocycles. The number of nitrogens with two attached hydrogens (primary N) is 1. The number of carbonyl (C=O) groups is 1. The molecule has 94 valence electrons. The van der Waals surface area contributed by atoms with Crippen molar-refractivity contribution in [2.75, 3.05) is 6.54 Å². The van der Waals surface area contributed by atoms with Crippen LogP contribution in [0.3, 0.4) is 0 Å². The lowest BCUT2D eigenvalue weighted by molar-refractivity contribution is 0.0931. The second kappa shape index (κ2) is 4.53. The Labute approximate surface area is 102 Å². The van der Waals surface area contributed by atoms with Gasteiger partial charge in [0.05, 0.1) is 0 Å². The Hall–Kier alpha value is -1.29. The monoisotopic (exact) mass is 235 g/mol. The maximum absolute atomic E-state index is 12.0. The minimum atomic E-state index is -0.371. The predicted octanol–water partition coefficient (Wildman–Crippen LogP) is 1.68. The SMILES string of the molecule is CC(C)(N)CNC(=O)c1cccn1C1CCC1. The third-order valence-electron chi connectivity index (χ3n) is 3.18. The number of amides is 1. The molecular formula is C13H21N3O. The molecule has 0 radical (unpaired) electrons. The normalized spacial score (nSPS) is 16.6. The molecule has 0 aliphatic heterocycles. The van der Waals surface area contributed by atoms with E-state index in [0.717, 1.165) is 5.69 Å². The van der Waals surface area contributed by atoms with Crippen molar-refractivity contribution in [3.8, 4) is 0 Å². The highest BCUT2D eigenvalue weighted by molar-refractivity contribution is 5.92. The summed E-state index contributed by atoms with van der Waals surface area (Å²) in [6.45, 7) is 4.29. The topological polar surface area (TPSA) is 60.0 Å². The highest BCUT2D eigenvalue weighted by atomic mass is 16.1. The van der Waals surface area contributed by atoms with Gasteiger partial charge in [0.25, 0.3) is 5.91 Å². The Morgan fingerprint density at radius 2 is 2.29 bits per heavy atom. The Morgan fingerprint density at radius 3 is 2.82 bits per heavy atom. The molecule has 1 aliphatic rings. The molecule has 2 rings (SSSR count). The molecule has 3 N–H and O–H groups in total. The summed E-state index contributed by atoms with van der Waals surface area (Å²) in [6, 6.07) is 4.31. The van der Waals surface area contributed by atoms with Crippen molar-refractivity contribution in [3.05, 3.63) is 24.0 Å². The van der Waals surface area contributed by atoms with Gasteiger partial charge in [-0.15, -0.1) is 0 Å². The quantitative estimate of drug-likeness (QED) is 0.834. The summed E-state index contributed by atoms with van der Waals surface area (Å²) in [4.78, 5) is 12.0. The van der Waals surface area contributed by atoms with Crippen molar-refractivity contribution >= 4 is 5.91 Å². The third-order valence-corrected chi connectivity index (χ3v) is 3.18. The van der Waals surface area contributed by atoms with E-state index in [1.54, 1.807) is 0 Å². The van der Waals surface area contributed by atoms with E-state index in [9.17, 15) is 4.79 Å². The number of hydrogen-bond acceptors (Lipinski definition) is 2. The number of carbonyl (C=O) groups excluding carboxylic acids is 1. The predicted molar refractivity (Wildman–Crippen MR) is 67.9 cm³/mol. The molecule has 0 bridgehead atoms. The molecule has 1 heterocycles. The fourth-order valence-corrected chi connectivity index (χ4v) is 1.97. The average Bonchev–Trinajstić information content (AvgIpc) is 2.59. The van der Waals surface area contributed by atoms with Crippen LogP contribution < -0.4 is 11.1 Å². The number of hydrogen-bond donors (Lipinski definition) is 2. The lowest BCUT2D eigenvalue weighted by Gasteiger charge is -2.29. The zero-order chi connectivity index (χ0) is 12.5. The smallest absolute Gasteiger partial charge is 0.267 e. The molecule has 4 nitrogen and oxygen atoms in total. The summed E-state index contributed by atoms with van der Waals surface area (Å²) in [7, 11) is 0. The zero-order valence-electron chi connectivity index (χ0n) is 10.6. The molecule has 1 amide bonds. The molecule has 0 atom stereocenters. The van der Waals surface area contributed by atoms with E-state index in [-0.39, 0.29) is 11.4 Å². The highest BCUT2D eigenvalue weighted by Crippen LogP contribution is 2.32. The van der Waals surface area contributed by atoms with E-state index in [2.05, 4.69) is 9.88 Å². The van der Waals surface area contributed by atoms with Gasteiger partial charge in [0, 0.05) is 24.3 Å². The summed E-state index contributed by atoms with van der Waals surface area (Å²) >= 11 is 0. The Balaban J connectivity index is 2.01. The van der Waals surface area contributed by atoms with E-state index in [1.165, 1.54) is 19.3 Å². The third kappa shape index (κ3) is 2.88. The van der Waals surface area contributed by atoms with Crippen molar-refractivity contribution in [3.63, 3.8) is 0 Å². The zero-order valence-corrected chi connectivity index (χ0v) is 10.6. The van der Waals surface area contributed by atoms with Gasteiger partial charge in [-0.3, -0.25) is 4.79 Å². The molecule has 0 unspecified atom stereocenters. The fourth-order valence-electron chi connectivity index (χ4n) is 1.97. The summed E-state index contributed by atoms with van der Waals surface area (Å²) in [6.07, 6.45) is 5.61. The molecule has 0 aromatic carbocycles. The summed E-state index contributed by atoms with van der Waals surface area (Å²) in [5.41, 5.74) is 6.23. The van der Waals surface area contributed by atoms with Crippen LogP contribution in [0.2, 0.25) is 0 Å². The van der Waals surface area contributed by atoms with Gasteiger partial charge in [-0.2, -0.15) is 0 Å². The van der Waals surface area contributed by atoms with Crippen LogP contribution in [0.1, 0.15) is 49.6 Å². The first-order valence-corrected chi connectivity index (χ1v) is 6.21. The Kier molecular flexibility index (Phi) is 3.24. The lowest BCUT2D eigenvalue weighted by Crippen LogP contribution is -2.45. The van der Waals surface area contributed by atoms with E-state index in [0.29, 0.717) is 12.6 Å². The van der Waals surface area contributed by atoms with E-state index in [4.69, 9.17) is 5.73 Å². The van der Waals surface area contributed by atoms with Gasteiger partial charge in [0.2, 0.25) is 0 Å². The molecule has 1 aliphatic carbocycles. The molecule has 1 saturated carbocycles. The first kappa shape index (κ1) is 12.2. The van der Waals surface area contributed by atoms with Gasteiger partial charge >= 0.3 is 0 Å². The summed E-state index contributed by atoms with van der Waals surface area (Å²) < 4.78 is 2.09. The maximum Gasteiger partial charge on any atom is 0.267 e. The Bertz CT molecular complexity index is 399. The minimum Gasteiger partial charge on any atom is -0.349 e. The molecule has 0 spiro atoms. The van der Waals surface area contributed by atoms with E-state index >= 15 is 0 Å². The lowest BCUT2D eigenvalue weighted by atomic mass is 9.93. The van der Waals surface area contributed by atoms with Gasteiger partial charge < -0.3 is 15.6 Å². The largest absolute Gasteiger partial charge is 0.349 e. The van der Waals surface area contributed by atoms with Crippen LogP contribution in [0.5, 0.6) is 0 Å². The van der Waals surface area contributed by atoms with Crippen molar-refractivity contribution in [1.29, 1.82) is 0 Å². The highest BCUT2D eigenvalue weighted by Gasteiger charge is 2.23. The average molecular weight is 235 g/mol. The van der Waals surface area contributed by atoms with E-state index in [1.807, 2.05) is 32.2 Å². The number of nitrogens with zero attached hydrogens (tertiary/aromatic N) is 1. The van der Waals surface area contributed by atoms with Gasteiger partial charge in [-0.25, -0.2) is 0 Å². The van der Waals surface area contributed by atoms with Crippen LogP contribution in [0.4, 0.5) is 0 Å². The standard InChI is InChI=1S/C13H21N3O/c1-13(2,14)9-15-12(17)11-7-4-8-16(11)10-5-3-6-10/h4,7-8,10H,3,5-6,9,14H2,1-2H3,(H,15,17). The van der Waals surface area contributed by atoms with Gasteiger partial charge in [-0.05, 0) is 45.2 Å². The molecule has 4 heteroatoms. The number of nitrogens with one attached hydrogen (secondary N) is 1. The van der Waals surface area contributed by atoms with Gasteiger partial charge in [0.15, 0.2) is 0 Å². The van der Waals surface area contributed by atoms with Gasteiger partial charge in [0.1, 0.15) is 5.69 Å². The number of aromatic nitrogens is 1. The van der Waals surface area contributed by atoms with Crippen molar-refractivity contribution < 1.29 is 4.79 Å². The first-order chi connectivity index (χ1) is 7.97. The number of rotatable bonds is 4. The van der Waals surface area contributed by atoms with Crippen molar-refractivity contribution in [1.82, 2.24) is 9.88 Å². The minimum absolute atomic E-state index is 0.0274. The van der Waals surface area contributed by atoms with Crippen molar-refractivity contribution in [2.45, 2.75) is 44.7 Å². The molecule has 17 heavy (non-hydrogen) atoms. The van der Waals surface area contributed by atoms with Gasteiger partial charge in [-0.1, -0.05) is 0 Å². The fraction of sp³-hybridized carbons (Fsp3) is 0.615. The first-order valence-electron chi connectivity index (χ1n) is 6.21. The van der Waals surface area contributed by atoms with Crippen molar-refractivity contribution in [2.24, 2.45) is 5.73 Å². The second-order valence-electron chi connectivity index (χ2n) is 5.56. The van der Waals surface area contributed by atoms with Crippen LogP contribution in [0.25, 0.3) is 0 Å². The van der Waals surface area contributed by atoms with Crippen LogP contribution in [-0.4, -0.2) is 22.6 Å². The summed E-state index contributed by atoms with van der Waals surface area (Å²) in [5, 5.41) is 2.88. The molecule has 1 aromatic rings. The molecule has 1 aromatic heterocycles. The molecule has 1 fully saturated rings. The van der Waals surface area contributed by atoms with Crippen LogP contribution in [0, 0.1) is 0 Å². The van der Waals surface area contributed by atoms with E-state index < -0.39 is 0 Å². The second-order valence-corrected chi connectivity index (χ2v) is 5.56. The Morgan fingerprint density at radius 1 is 1.59 bits per heavy atom. The van der Waals surface area contributed by atoms with Crippen LogP contribution >= 0.6 is 0 Å². The summed E-state index contributed by atoms with van der Waals surface area (Å²) in [5.74, 6) is -0.0274. The van der Waals surface area contributed by atoms with Crippen LogP contribution in [0.15, 0.2) is 18.3 Å². The molecular weight excluding hydrogens is 214 g/mol. The van der Waals surface area contributed by atoms with Crippen LogP contribution in [-0.2, 0) is 0 Å².